The number of carbonyl (C=O) groups excluding carboxylic acids is 1. The highest BCUT2D eigenvalue weighted by Crippen LogP contribution is 2.30. The molecule has 3 heterocycles. The second-order valence-electron chi connectivity index (χ2n) is 7.05. The van der Waals surface area contributed by atoms with Crippen molar-refractivity contribution in [2.75, 3.05) is 33.9 Å². The number of amides is 1. The molecule has 8 heteroatoms. The zero-order valence-electron chi connectivity index (χ0n) is 16.5. The molecule has 1 aliphatic rings. The number of fused-ring (bicyclic) bond motifs is 1. The van der Waals surface area contributed by atoms with Crippen LogP contribution < -0.4 is 4.74 Å². The molecule has 1 amide bonds. The average Bonchev–Trinajstić information content (AvgIpc) is 3.36. The summed E-state index contributed by atoms with van der Waals surface area (Å²) in [6, 6.07) is 8.10. The van der Waals surface area contributed by atoms with Gasteiger partial charge in [0.25, 0.3) is 5.91 Å². The fourth-order valence-corrected chi connectivity index (χ4v) is 3.83. The second kappa shape index (κ2) is 8.16. The number of benzene rings is 1. The molecule has 0 unspecified atom stereocenters. The van der Waals surface area contributed by atoms with Crippen LogP contribution in [0.25, 0.3) is 11.2 Å². The molecule has 29 heavy (non-hydrogen) atoms. The molecule has 0 N–H and O–H groups in total. The van der Waals surface area contributed by atoms with E-state index in [0.29, 0.717) is 31.8 Å². The molecule has 4 rings (SSSR count). The van der Waals surface area contributed by atoms with Gasteiger partial charge in [0.15, 0.2) is 17.2 Å². The first-order valence-electron chi connectivity index (χ1n) is 9.55. The Morgan fingerprint density at radius 1 is 1.31 bits per heavy atom. The molecular weight excluding hydrogens is 375 g/mol. The molecule has 1 aliphatic heterocycles. The molecule has 0 bridgehead atoms. The van der Waals surface area contributed by atoms with Gasteiger partial charge in [-0.25, -0.2) is 14.4 Å². The van der Waals surface area contributed by atoms with Crippen LogP contribution in [0.2, 0.25) is 0 Å². The summed E-state index contributed by atoms with van der Waals surface area (Å²) < 4.78 is 26.2. The van der Waals surface area contributed by atoms with Crippen LogP contribution in [0.1, 0.15) is 28.5 Å². The topological polar surface area (TPSA) is 69.5 Å². The minimum Gasteiger partial charge on any atom is -0.494 e. The zero-order chi connectivity index (χ0) is 20.4. The molecule has 2 aromatic heterocycles. The quantitative estimate of drug-likeness (QED) is 0.639. The van der Waals surface area contributed by atoms with E-state index in [1.807, 2.05) is 12.1 Å². The van der Waals surface area contributed by atoms with Crippen LogP contribution in [0.15, 0.2) is 36.5 Å². The number of methoxy groups -OCH3 is 2. The van der Waals surface area contributed by atoms with E-state index in [1.165, 1.54) is 19.2 Å². The van der Waals surface area contributed by atoms with Gasteiger partial charge < -0.3 is 18.9 Å². The number of carbonyl (C=O) groups is 1. The second-order valence-corrected chi connectivity index (χ2v) is 7.05. The number of likely N-dealkylation sites (tertiary alicyclic amines) is 1. The van der Waals surface area contributed by atoms with E-state index < -0.39 is 5.82 Å². The minimum atomic E-state index is -0.540. The summed E-state index contributed by atoms with van der Waals surface area (Å²) in [5.74, 6) is 0.397. The summed E-state index contributed by atoms with van der Waals surface area (Å²) in [5, 5.41) is 0. The SMILES string of the molecule is COCCn1c([C@@H]2CCN(C(=O)c3ccc(OC)c(F)c3)C2)nc2cccnc21. The van der Waals surface area contributed by atoms with Crippen LogP contribution in [0.3, 0.4) is 0 Å². The van der Waals surface area contributed by atoms with Gasteiger partial charge in [0.1, 0.15) is 11.3 Å². The number of pyridine rings is 1. The first kappa shape index (κ1) is 19.3. The molecule has 152 valence electrons. The lowest BCUT2D eigenvalue weighted by molar-refractivity contribution is 0.0789. The molecule has 1 aromatic carbocycles. The molecule has 1 atom stereocenters. The Labute approximate surface area is 168 Å². The molecule has 0 aliphatic carbocycles. The lowest BCUT2D eigenvalue weighted by Crippen LogP contribution is -2.29. The van der Waals surface area contributed by atoms with Crippen molar-refractivity contribution >= 4 is 17.1 Å². The van der Waals surface area contributed by atoms with Gasteiger partial charge in [-0.1, -0.05) is 0 Å². The maximum absolute atomic E-state index is 14.0. The largest absolute Gasteiger partial charge is 0.494 e. The Morgan fingerprint density at radius 3 is 2.93 bits per heavy atom. The summed E-state index contributed by atoms with van der Waals surface area (Å²) in [6.07, 6.45) is 2.54. The minimum absolute atomic E-state index is 0.0908. The molecule has 0 saturated carbocycles. The van der Waals surface area contributed by atoms with Crippen LogP contribution in [0.5, 0.6) is 5.75 Å². The predicted octanol–water partition coefficient (Wildman–Crippen LogP) is 2.86. The summed E-state index contributed by atoms with van der Waals surface area (Å²) in [5.41, 5.74) is 1.97. The third-order valence-electron chi connectivity index (χ3n) is 5.29. The van der Waals surface area contributed by atoms with Crippen molar-refractivity contribution in [3.8, 4) is 5.75 Å². The third kappa shape index (κ3) is 3.67. The smallest absolute Gasteiger partial charge is 0.253 e. The Hall–Kier alpha value is -3.00. The highest BCUT2D eigenvalue weighted by Gasteiger charge is 2.32. The number of hydrogen-bond acceptors (Lipinski definition) is 5. The van der Waals surface area contributed by atoms with E-state index in [1.54, 1.807) is 24.3 Å². The van der Waals surface area contributed by atoms with E-state index in [9.17, 15) is 9.18 Å². The standard InChI is InChI=1S/C21H23FN4O3/c1-28-11-10-26-19(24-17-4-3-8-23-20(17)26)15-7-9-25(13-15)21(27)14-5-6-18(29-2)16(22)12-14/h3-6,8,12,15H,7,9-11,13H2,1-2H3/t15-/m1/s1. The Balaban J connectivity index is 1.57. The van der Waals surface area contributed by atoms with E-state index in [0.717, 1.165) is 23.4 Å². The fraction of sp³-hybridized carbons (Fsp3) is 0.381. The van der Waals surface area contributed by atoms with Crippen LogP contribution in [0, 0.1) is 5.82 Å². The average molecular weight is 398 g/mol. The predicted molar refractivity (Wildman–Crippen MR) is 106 cm³/mol. The van der Waals surface area contributed by atoms with Gasteiger partial charge in [0, 0.05) is 44.4 Å². The van der Waals surface area contributed by atoms with E-state index in [4.69, 9.17) is 14.5 Å². The van der Waals surface area contributed by atoms with E-state index in [-0.39, 0.29) is 17.6 Å². The van der Waals surface area contributed by atoms with E-state index in [2.05, 4.69) is 9.55 Å². The number of aromatic nitrogens is 3. The monoisotopic (exact) mass is 398 g/mol. The van der Waals surface area contributed by atoms with Gasteiger partial charge in [0.2, 0.25) is 0 Å². The molecular formula is C21H23FN4O3. The summed E-state index contributed by atoms with van der Waals surface area (Å²) in [6.45, 7) is 2.32. The van der Waals surface area contributed by atoms with Gasteiger partial charge in [0.05, 0.1) is 13.7 Å². The van der Waals surface area contributed by atoms with Gasteiger partial charge in [-0.2, -0.15) is 0 Å². The van der Waals surface area contributed by atoms with Crippen molar-refractivity contribution < 1.29 is 18.7 Å². The Kier molecular flexibility index (Phi) is 5.44. The maximum Gasteiger partial charge on any atom is 0.253 e. The number of hydrogen-bond donors (Lipinski definition) is 0. The first-order chi connectivity index (χ1) is 14.1. The van der Waals surface area contributed by atoms with Crippen LogP contribution in [0.4, 0.5) is 4.39 Å². The first-order valence-corrected chi connectivity index (χ1v) is 9.55. The van der Waals surface area contributed by atoms with Crippen LogP contribution in [-0.2, 0) is 11.3 Å². The van der Waals surface area contributed by atoms with Gasteiger partial charge in [-0.3, -0.25) is 4.79 Å². The number of halogens is 1. The molecule has 0 spiro atoms. The summed E-state index contributed by atoms with van der Waals surface area (Å²) in [7, 11) is 3.06. The molecule has 1 fully saturated rings. The zero-order valence-corrected chi connectivity index (χ0v) is 16.5. The van der Waals surface area contributed by atoms with Crippen molar-refractivity contribution in [1.82, 2.24) is 19.4 Å². The van der Waals surface area contributed by atoms with Crippen molar-refractivity contribution in [3.05, 3.63) is 53.7 Å². The molecule has 3 aromatic rings. The molecule has 1 saturated heterocycles. The van der Waals surface area contributed by atoms with Crippen molar-refractivity contribution in [2.24, 2.45) is 0 Å². The highest BCUT2D eigenvalue weighted by atomic mass is 19.1. The van der Waals surface area contributed by atoms with Crippen LogP contribution in [-0.4, -0.2) is 59.3 Å². The Bertz CT molecular complexity index is 1040. The maximum atomic E-state index is 14.0. The van der Waals surface area contributed by atoms with Gasteiger partial charge in [-0.15, -0.1) is 0 Å². The fourth-order valence-electron chi connectivity index (χ4n) is 3.83. The van der Waals surface area contributed by atoms with Crippen molar-refractivity contribution in [1.29, 1.82) is 0 Å². The van der Waals surface area contributed by atoms with Crippen LogP contribution >= 0.6 is 0 Å². The normalized spacial score (nSPS) is 16.5. The summed E-state index contributed by atoms with van der Waals surface area (Å²) >= 11 is 0. The third-order valence-corrected chi connectivity index (χ3v) is 5.29. The lowest BCUT2D eigenvalue weighted by Gasteiger charge is -2.17. The van der Waals surface area contributed by atoms with Crippen molar-refractivity contribution in [2.45, 2.75) is 18.9 Å². The van der Waals surface area contributed by atoms with E-state index >= 15 is 0 Å². The van der Waals surface area contributed by atoms with Crippen molar-refractivity contribution in [3.63, 3.8) is 0 Å². The van der Waals surface area contributed by atoms with Gasteiger partial charge >= 0.3 is 0 Å². The molecule has 0 radical (unpaired) electrons. The number of rotatable bonds is 6. The molecule has 7 nitrogen and oxygen atoms in total. The number of imidazole rings is 1. The number of ether oxygens (including phenoxy) is 2. The summed E-state index contributed by atoms with van der Waals surface area (Å²) in [4.78, 5) is 23.9. The number of nitrogens with zero attached hydrogens (tertiary/aromatic N) is 4. The Morgan fingerprint density at radius 2 is 2.17 bits per heavy atom. The lowest BCUT2D eigenvalue weighted by atomic mass is 10.1. The van der Waals surface area contributed by atoms with Gasteiger partial charge in [-0.05, 0) is 36.8 Å². The highest BCUT2D eigenvalue weighted by molar-refractivity contribution is 5.94.